The SMILES string of the molecule is CNc1cc(Cl)ccc1[C@@]1(C=O)[C@@H](c2cccc(Cl)c2F)[C@H](C(=O)NCC[C@H](O)CO)N([C@H](c2ccccc2)[C@@H](O)c2ccccc2)C12CCC(C)(C)CC2. The van der Waals surface area contributed by atoms with Crippen molar-refractivity contribution >= 4 is 41.1 Å². The van der Waals surface area contributed by atoms with Gasteiger partial charge < -0.3 is 30.7 Å². The molecule has 0 unspecified atom stereocenters. The van der Waals surface area contributed by atoms with Crippen molar-refractivity contribution < 1.29 is 29.3 Å². The third-order valence-electron chi connectivity index (χ3n) is 12.1. The second-order valence-electron chi connectivity index (χ2n) is 15.7. The first-order valence-electron chi connectivity index (χ1n) is 18.9. The van der Waals surface area contributed by atoms with Gasteiger partial charge in [0, 0.05) is 35.8 Å². The van der Waals surface area contributed by atoms with Crippen LogP contribution in [-0.2, 0) is 15.0 Å². The molecule has 1 amide bonds. The van der Waals surface area contributed by atoms with Gasteiger partial charge in [-0.25, -0.2) is 4.39 Å². The van der Waals surface area contributed by atoms with E-state index in [-0.39, 0.29) is 29.0 Å². The Morgan fingerprint density at radius 2 is 1.56 bits per heavy atom. The summed E-state index contributed by atoms with van der Waals surface area (Å²) in [6.45, 7) is 3.87. The Bertz CT molecular complexity index is 1960. The number of aliphatic hydroxyl groups excluding tert-OH is 3. The Morgan fingerprint density at radius 3 is 2.16 bits per heavy atom. The smallest absolute Gasteiger partial charge is 0.238 e. The van der Waals surface area contributed by atoms with Crippen LogP contribution in [0.5, 0.6) is 0 Å². The van der Waals surface area contributed by atoms with Gasteiger partial charge in [-0.05, 0) is 78.0 Å². The molecule has 2 fully saturated rings. The van der Waals surface area contributed by atoms with Crippen molar-refractivity contribution in [1.82, 2.24) is 10.2 Å². The molecule has 1 saturated carbocycles. The zero-order chi connectivity index (χ0) is 39.5. The summed E-state index contributed by atoms with van der Waals surface area (Å²) in [6.07, 6.45) is 0.821. The molecule has 0 radical (unpaired) electrons. The van der Waals surface area contributed by atoms with Crippen molar-refractivity contribution in [3.63, 3.8) is 0 Å². The first-order valence-corrected chi connectivity index (χ1v) is 19.6. The average molecular weight is 791 g/mol. The number of hydrogen-bond donors (Lipinski definition) is 5. The number of aldehydes is 1. The quantitative estimate of drug-likeness (QED) is 0.0879. The molecule has 8 nitrogen and oxygen atoms in total. The molecule has 1 aliphatic heterocycles. The van der Waals surface area contributed by atoms with Crippen molar-refractivity contribution in [3.8, 4) is 0 Å². The molecule has 1 aliphatic carbocycles. The average Bonchev–Trinajstić information content (AvgIpc) is 3.43. The van der Waals surface area contributed by atoms with E-state index in [9.17, 15) is 20.1 Å². The Morgan fingerprint density at radius 1 is 0.927 bits per heavy atom. The topological polar surface area (TPSA) is 122 Å². The molecule has 0 aromatic heterocycles. The van der Waals surface area contributed by atoms with Crippen molar-refractivity contribution in [2.45, 2.75) is 87.1 Å². The zero-order valence-electron chi connectivity index (χ0n) is 31.4. The minimum Gasteiger partial charge on any atom is -0.394 e. The number of amides is 1. The molecule has 4 aromatic rings. The molecule has 6 atom stereocenters. The molecule has 0 bridgehead atoms. The van der Waals surface area contributed by atoms with E-state index in [1.54, 1.807) is 37.4 Å². The number of nitrogens with one attached hydrogen (secondary N) is 2. The lowest BCUT2D eigenvalue weighted by Crippen LogP contribution is -2.62. The van der Waals surface area contributed by atoms with Crippen LogP contribution in [0.4, 0.5) is 10.1 Å². The first kappa shape index (κ1) is 40.8. The fraction of sp³-hybridized carbons (Fsp3) is 0.409. The van der Waals surface area contributed by atoms with E-state index >= 15 is 9.18 Å². The van der Waals surface area contributed by atoms with Crippen LogP contribution < -0.4 is 10.6 Å². The highest BCUT2D eigenvalue weighted by Gasteiger charge is 2.73. The van der Waals surface area contributed by atoms with Crippen LogP contribution in [0.1, 0.15) is 86.3 Å². The molecule has 4 aromatic carbocycles. The summed E-state index contributed by atoms with van der Waals surface area (Å²) < 4.78 is 16.9. The van der Waals surface area contributed by atoms with Crippen molar-refractivity contribution in [1.29, 1.82) is 0 Å². The van der Waals surface area contributed by atoms with Gasteiger partial charge in [0.05, 0.1) is 41.3 Å². The highest BCUT2D eigenvalue weighted by molar-refractivity contribution is 6.31. The van der Waals surface area contributed by atoms with Crippen LogP contribution in [0.15, 0.2) is 97.1 Å². The predicted octanol–water partition coefficient (Wildman–Crippen LogP) is 7.75. The summed E-state index contributed by atoms with van der Waals surface area (Å²) in [4.78, 5) is 32.2. The Labute approximate surface area is 332 Å². The standard InChI is InChI=1S/C44H50Cl2FN3O5/c1-42(2)20-22-43(23-21-42)44(27-52,33-18-17-30(45)25-35(33)48-3)36(32-15-10-16-34(46)37(32)47)39(41(55)49-24-19-31(53)26-51)50(43)38(28-11-6-4-7-12-28)40(54)29-13-8-5-9-14-29/h4-18,25,27,31,36,38-40,48,51,53-54H,19-24,26H2,1-3H3,(H,49,55)/t31-,36-,38+,39+,40-,44-/m0/s1. The normalized spacial score (nSPS) is 23.5. The minimum atomic E-state index is -1.63. The van der Waals surface area contributed by atoms with Crippen molar-refractivity contribution in [2.24, 2.45) is 5.41 Å². The van der Waals surface area contributed by atoms with Gasteiger partial charge in [-0.2, -0.15) is 0 Å². The number of carbonyl (C=O) groups excluding carboxylic acids is 2. The maximum absolute atomic E-state index is 16.9. The monoisotopic (exact) mass is 789 g/mol. The zero-order valence-corrected chi connectivity index (χ0v) is 32.9. The van der Waals surface area contributed by atoms with Crippen molar-refractivity contribution in [2.75, 3.05) is 25.5 Å². The molecular formula is C44H50Cl2FN3O5. The van der Waals surface area contributed by atoms with Gasteiger partial charge in [-0.15, -0.1) is 0 Å². The van der Waals surface area contributed by atoms with Gasteiger partial charge in [-0.3, -0.25) is 9.69 Å². The lowest BCUT2D eigenvalue weighted by Gasteiger charge is -2.56. The van der Waals surface area contributed by atoms with Crippen LogP contribution >= 0.6 is 23.2 Å². The number of hydrogen-bond acceptors (Lipinski definition) is 7. The minimum absolute atomic E-state index is 0.0102. The second-order valence-corrected chi connectivity index (χ2v) is 16.6. The molecule has 1 heterocycles. The van der Waals surface area contributed by atoms with E-state index in [1.807, 2.05) is 65.6 Å². The highest BCUT2D eigenvalue weighted by atomic mass is 35.5. The summed E-state index contributed by atoms with van der Waals surface area (Å²) in [7, 11) is 1.73. The van der Waals surface area contributed by atoms with Crippen LogP contribution in [0, 0.1) is 11.2 Å². The molecular weight excluding hydrogens is 740 g/mol. The maximum atomic E-state index is 16.9. The fourth-order valence-corrected chi connectivity index (χ4v) is 9.72. The number of nitrogens with zero attached hydrogens (tertiary/aromatic N) is 1. The second kappa shape index (κ2) is 16.7. The predicted molar refractivity (Wildman–Crippen MR) is 215 cm³/mol. The highest BCUT2D eigenvalue weighted by Crippen LogP contribution is 2.67. The molecule has 292 valence electrons. The van der Waals surface area contributed by atoms with E-state index in [0.717, 1.165) is 6.29 Å². The molecule has 6 rings (SSSR count). The van der Waals surface area contributed by atoms with Crippen LogP contribution in [-0.4, -0.2) is 70.3 Å². The Hall–Kier alpha value is -3.83. The lowest BCUT2D eigenvalue weighted by atomic mass is 9.53. The number of likely N-dealkylation sites (tertiary alicyclic amines) is 1. The number of rotatable bonds is 13. The van der Waals surface area contributed by atoms with Crippen LogP contribution in [0.2, 0.25) is 10.0 Å². The fourth-order valence-electron chi connectivity index (χ4n) is 9.37. The first-order chi connectivity index (χ1) is 26.4. The van der Waals surface area contributed by atoms with E-state index in [1.165, 1.54) is 6.07 Å². The molecule has 55 heavy (non-hydrogen) atoms. The summed E-state index contributed by atoms with van der Waals surface area (Å²) in [5, 5.41) is 39.1. The summed E-state index contributed by atoms with van der Waals surface area (Å²) in [5.41, 5.74) is -0.494. The van der Waals surface area contributed by atoms with Crippen LogP contribution in [0.25, 0.3) is 0 Å². The number of benzene rings is 4. The number of anilines is 1. The molecule has 1 spiro atoms. The molecule has 2 aliphatic rings. The summed E-state index contributed by atoms with van der Waals surface area (Å²) in [6, 6.07) is 26.3. The number of aliphatic hydroxyl groups is 3. The largest absolute Gasteiger partial charge is 0.394 e. The molecule has 1 saturated heterocycles. The van der Waals surface area contributed by atoms with E-state index in [2.05, 4.69) is 24.5 Å². The van der Waals surface area contributed by atoms with Gasteiger partial charge in [-0.1, -0.05) is 116 Å². The summed E-state index contributed by atoms with van der Waals surface area (Å²) in [5.74, 6) is -2.46. The van der Waals surface area contributed by atoms with E-state index < -0.39 is 59.5 Å². The van der Waals surface area contributed by atoms with E-state index in [0.29, 0.717) is 53.1 Å². The van der Waals surface area contributed by atoms with Gasteiger partial charge in [0.1, 0.15) is 12.1 Å². The third kappa shape index (κ3) is 7.43. The van der Waals surface area contributed by atoms with Crippen molar-refractivity contribution in [3.05, 3.63) is 135 Å². The number of halogens is 3. The van der Waals surface area contributed by atoms with Crippen LogP contribution in [0.3, 0.4) is 0 Å². The summed E-state index contributed by atoms with van der Waals surface area (Å²) >= 11 is 13.2. The molecule has 11 heteroatoms. The number of carbonyl (C=O) groups is 2. The lowest BCUT2D eigenvalue weighted by molar-refractivity contribution is -0.134. The Kier molecular flexibility index (Phi) is 12.4. The molecule has 5 N–H and O–H groups in total. The van der Waals surface area contributed by atoms with Gasteiger partial charge >= 0.3 is 0 Å². The Balaban J connectivity index is 1.77. The maximum Gasteiger partial charge on any atom is 0.238 e. The van der Waals surface area contributed by atoms with Gasteiger partial charge in [0.15, 0.2) is 0 Å². The third-order valence-corrected chi connectivity index (χ3v) is 12.7. The van der Waals surface area contributed by atoms with Gasteiger partial charge in [0.2, 0.25) is 5.91 Å². The van der Waals surface area contributed by atoms with Gasteiger partial charge in [0.25, 0.3) is 0 Å². The van der Waals surface area contributed by atoms with E-state index in [4.69, 9.17) is 23.2 Å².